The number of rotatable bonds is 0. The van der Waals surface area contributed by atoms with Crippen molar-refractivity contribution in [3.8, 4) is 0 Å². The van der Waals surface area contributed by atoms with Crippen molar-refractivity contribution in [3.63, 3.8) is 0 Å². The Morgan fingerprint density at radius 1 is 0.955 bits per heavy atom. The maximum Gasteiger partial charge on any atom is 0.113 e. The molecule has 3 aliphatic carbocycles. The predicted octanol–water partition coefficient (Wildman–Crippen LogP) is -0.387. The fourth-order valence-corrected chi connectivity index (χ4v) is 3.98. The second-order valence-electron chi connectivity index (χ2n) is 6.14. The van der Waals surface area contributed by atoms with Crippen molar-refractivity contribution in [1.82, 2.24) is 0 Å². The molecule has 2 unspecified atom stereocenters. The van der Waals surface area contributed by atoms with E-state index in [0.29, 0.717) is 27.3 Å². The highest BCUT2D eigenvalue weighted by atomic mass is 14.4. The molecule has 0 heterocycles. The Kier molecular flexibility index (Phi) is 2.89. The van der Waals surface area contributed by atoms with Crippen LogP contribution in [-0.2, 0) is 0 Å². The zero-order valence-electron chi connectivity index (χ0n) is 12.4. The van der Waals surface area contributed by atoms with Gasteiger partial charge in [0, 0.05) is 11.8 Å². The van der Waals surface area contributed by atoms with Gasteiger partial charge in [-0.05, 0) is 29.2 Å². The van der Waals surface area contributed by atoms with Crippen molar-refractivity contribution in [2.24, 2.45) is 5.92 Å². The summed E-state index contributed by atoms with van der Waals surface area (Å²) in [5.74, 6) is 0.130. The first kappa shape index (κ1) is 14.1. The first-order chi connectivity index (χ1) is 10.4. The van der Waals surface area contributed by atoms with E-state index in [0.717, 1.165) is 22.3 Å². The molecule has 0 fully saturated rings. The van der Waals surface area contributed by atoms with Gasteiger partial charge < -0.3 is 0 Å². The average Bonchev–Trinajstić information content (AvgIpc) is 2.83. The summed E-state index contributed by atoms with van der Waals surface area (Å²) in [4.78, 5) is 0. The lowest BCUT2D eigenvalue weighted by atomic mass is 9.60. The van der Waals surface area contributed by atoms with Crippen LogP contribution in [0.5, 0.6) is 0 Å². The van der Waals surface area contributed by atoms with Crippen molar-refractivity contribution < 1.29 is 0 Å². The Morgan fingerprint density at radius 3 is 2.41 bits per heavy atom. The maximum atomic E-state index is 6.37. The number of benzene rings is 1. The van der Waals surface area contributed by atoms with E-state index in [1.807, 2.05) is 19.1 Å². The van der Waals surface area contributed by atoms with Crippen LogP contribution in [0, 0.1) is 5.92 Å². The largest absolute Gasteiger partial charge is 0.116 e. The van der Waals surface area contributed by atoms with Crippen LogP contribution in [0.4, 0.5) is 0 Å². The van der Waals surface area contributed by atoms with Crippen molar-refractivity contribution in [2.45, 2.75) is 12.8 Å². The zero-order valence-corrected chi connectivity index (χ0v) is 12.4. The molecule has 4 rings (SSSR count). The van der Waals surface area contributed by atoms with E-state index < -0.39 is 0 Å². The molecule has 0 saturated carbocycles. The Balaban J connectivity index is 2.11. The summed E-state index contributed by atoms with van der Waals surface area (Å²) < 4.78 is 0. The van der Waals surface area contributed by atoms with Crippen LogP contribution in [0.3, 0.4) is 0 Å². The smallest absolute Gasteiger partial charge is 0.113 e. The van der Waals surface area contributed by atoms with Crippen molar-refractivity contribution in [2.75, 3.05) is 0 Å². The van der Waals surface area contributed by atoms with Crippen molar-refractivity contribution in [1.29, 1.82) is 0 Å². The van der Waals surface area contributed by atoms with Crippen molar-refractivity contribution >= 4 is 61.2 Å². The van der Waals surface area contributed by atoms with Gasteiger partial charge in [-0.15, -0.1) is 21.9 Å². The first-order valence-corrected chi connectivity index (χ1v) is 7.25. The van der Waals surface area contributed by atoms with Crippen LogP contribution in [0.1, 0.15) is 24.0 Å². The topological polar surface area (TPSA) is 0 Å². The summed E-state index contributed by atoms with van der Waals surface area (Å²) in [7, 11) is 30.9. The number of allylic oxidation sites excluding steroid dienone is 8. The molecule has 0 N–H and O–H groups in total. The van der Waals surface area contributed by atoms with Crippen LogP contribution in [-0.4, -0.2) is 39.2 Å². The van der Waals surface area contributed by atoms with Gasteiger partial charge in [0.05, 0.1) is 0 Å². The zero-order chi connectivity index (χ0) is 15.8. The summed E-state index contributed by atoms with van der Waals surface area (Å²) in [5.41, 5.74) is 8.18. The standard InChI is InChI=1S/C17H9B5/c1-6-7-3-2-4-8-11(7)13(17(22)14(6)19)9-5-10(18)15(20)16(21)12(8)9/h2-5,11,13H,1H3. The fraction of sp³-hybridized carbons (Fsp3) is 0.176. The minimum absolute atomic E-state index is 0.0184. The molecular formula is C17H9B5. The summed E-state index contributed by atoms with van der Waals surface area (Å²) in [6.45, 7) is 2.01. The van der Waals surface area contributed by atoms with E-state index in [1.165, 1.54) is 5.57 Å². The molecular weight excluding hydrogens is 258 g/mol. The summed E-state index contributed by atoms with van der Waals surface area (Å²) in [5, 5.41) is 0. The third-order valence-electron chi connectivity index (χ3n) is 5.13. The minimum atomic E-state index is -0.0184. The van der Waals surface area contributed by atoms with Crippen LogP contribution < -0.4 is 16.4 Å². The van der Waals surface area contributed by atoms with E-state index in [4.69, 9.17) is 39.2 Å². The van der Waals surface area contributed by atoms with Crippen molar-refractivity contribution in [3.05, 3.63) is 57.5 Å². The molecule has 0 amide bonds. The second kappa shape index (κ2) is 4.50. The fourth-order valence-electron chi connectivity index (χ4n) is 3.98. The van der Waals surface area contributed by atoms with Gasteiger partial charge in [-0.3, -0.25) is 0 Å². The van der Waals surface area contributed by atoms with Gasteiger partial charge in [-0.25, -0.2) is 0 Å². The predicted molar refractivity (Wildman–Crippen MR) is 97.2 cm³/mol. The molecule has 0 spiro atoms. The van der Waals surface area contributed by atoms with Gasteiger partial charge in [0.2, 0.25) is 0 Å². The SMILES string of the molecule is [B]C1=C([B])C2c3cc([B])c([B])c([B])c3C3=CC=CC(=C1C)C32. The van der Waals surface area contributed by atoms with E-state index >= 15 is 0 Å². The maximum absolute atomic E-state index is 6.37. The van der Waals surface area contributed by atoms with E-state index in [1.54, 1.807) is 0 Å². The molecule has 5 heteroatoms. The highest BCUT2D eigenvalue weighted by molar-refractivity contribution is 6.58. The van der Waals surface area contributed by atoms with Gasteiger partial charge in [0.15, 0.2) is 0 Å². The minimum Gasteiger partial charge on any atom is -0.116 e. The summed E-state index contributed by atoms with van der Waals surface area (Å²) in [6, 6.07) is 1.89. The van der Waals surface area contributed by atoms with Gasteiger partial charge in [0.25, 0.3) is 0 Å². The monoisotopic (exact) mass is 268 g/mol. The van der Waals surface area contributed by atoms with Crippen LogP contribution in [0.25, 0.3) is 5.57 Å². The Hall–Kier alpha value is -1.50. The molecule has 2 atom stereocenters. The first-order valence-electron chi connectivity index (χ1n) is 7.25. The lowest BCUT2D eigenvalue weighted by Gasteiger charge is -2.34. The Labute approximate surface area is 137 Å². The van der Waals surface area contributed by atoms with Gasteiger partial charge in [-0.2, -0.15) is 0 Å². The Bertz CT molecular complexity index is 854. The lowest BCUT2D eigenvalue weighted by Crippen LogP contribution is -2.41. The number of fused-ring (bicyclic) bond motifs is 3. The summed E-state index contributed by atoms with van der Waals surface area (Å²) >= 11 is 0. The molecule has 0 aliphatic heterocycles. The van der Waals surface area contributed by atoms with Gasteiger partial charge in [-0.1, -0.05) is 35.3 Å². The molecule has 0 saturated heterocycles. The number of hydrogen-bond acceptors (Lipinski definition) is 0. The Morgan fingerprint density at radius 2 is 1.68 bits per heavy atom. The highest BCUT2D eigenvalue weighted by Gasteiger charge is 2.43. The molecule has 92 valence electrons. The molecule has 3 aliphatic rings. The van der Waals surface area contributed by atoms with Gasteiger partial charge >= 0.3 is 0 Å². The highest BCUT2D eigenvalue weighted by Crippen LogP contribution is 2.56. The van der Waals surface area contributed by atoms with E-state index in [9.17, 15) is 0 Å². The second-order valence-corrected chi connectivity index (χ2v) is 6.14. The van der Waals surface area contributed by atoms with E-state index in [2.05, 4.69) is 12.2 Å². The van der Waals surface area contributed by atoms with Crippen LogP contribution in [0.2, 0.25) is 0 Å². The molecule has 22 heavy (non-hydrogen) atoms. The molecule has 10 radical (unpaired) electrons. The normalized spacial score (nSPS) is 25.2. The van der Waals surface area contributed by atoms with E-state index in [-0.39, 0.29) is 11.8 Å². The third-order valence-corrected chi connectivity index (χ3v) is 5.13. The molecule has 0 bridgehead atoms. The summed E-state index contributed by atoms with van der Waals surface area (Å²) in [6.07, 6.45) is 6.21. The molecule has 1 aromatic carbocycles. The average molecular weight is 267 g/mol. The van der Waals surface area contributed by atoms with Crippen LogP contribution >= 0.6 is 0 Å². The van der Waals surface area contributed by atoms with Gasteiger partial charge in [0.1, 0.15) is 39.2 Å². The van der Waals surface area contributed by atoms with Crippen LogP contribution in [0.15, 0.2) is 46.4 Å². The number of hydrogen-bond donors (Lipinski definition) is 0. The molecule has 0 aromatic heterocycles. The third kappa shape index (κ3) is 1.55. The quantitative estimate of drug-likeness (QED) is 0.562. The molecule has 0 nitrogen and oxygen atoms in total. The molecule has 1 aromatic rings. The lowest BCUT2D eigenvalue weighted by molar-refractivity contribution is 0.699.